The summed E-state index contributed by atoms with van der Waals surface area (Å²) in [6.07, 6.45) is 0.719. The van der Waals surface area contributed by atoms with E-state index in [-0.39, 0.29) is 6.61 Å². The monoisotopic (exact) mass is 218 g/mol. The maximum absolute atomic E-state index is 8.91. The first-order valence-corrected chi connectivity index (χ1v) is 5.09. The summed E-state index contributed by atoms with van der Waals surface area (Å²) in [6.45, 7) is -0.0393. The van der Waals surface area contributed by atoms with E-state index in [1.165, 1.54) is 0 Å². The van der Waals surface area contributed by atoms with E-state index in [9.17, 15) is 0 Å². The Bertz CT molecular complexity index is 466. The Balaban J connectivity index is 2.19. The van der Waals surface area contributed by atoms with Crippen LogP contribution in [0.5, 0.6) is 5.75 Å². The number of aliphatic hydroxyl groups excluding tert-OH is 1. The first-order valence-electron chi connectivity index (χ1n) is 5.09. The molecule has 0 aliphatic heterocycles. The molecule has 0 radical (unpaired) electrons. The van der Waals surface area contributed by atoms with E-state index in [1.54, 1.807) is 7.11 Å². The van der Waals surface area contributed by atoms with Crippen LogP contribution in [0.25, 0.3) is 0 Å². The van der Waals surface area contributed by atoms with Gasteiger partial charge in [-0.3, -0.25) is 5.10 Å². The fourth-order valence-corrected chi connectivity index (χ4v) is 1.64. The van der Waals surface area contributed by atoms with Crippen LogP contribution >= 0.6 is 0 Å². The molecule has 0 saturated carbocycles. The molecule has 0 amide bonds. The van der Waals surface area contributed by atoms with Crippen molar-refractivity contribution in [3.63, 3.8) is 0 Å². The number of H-pyrrole nitrogens is 1. The SMILES string of the molecule is COc1ccccc1Cc1cc(CO)n[nH]1. The van der Waals surface area contributed by atoms with Gasteiger partial charge in [-0.15, -0.1) is 0 Å². The Labute approximate surface area is 93.9 Å². The fraction of sp³-hybridized carbons (Fsp3) is 0.250. The Morgan fingerprint density at radius 2 is 2.19 bits per heavy atom. The van der Waals surface area contributed by atoms with Crippen molar-refractivity contribution in [2.45, 2.75) is 13.0 Å². The van der Waals surface area contributed by atoms with Crippen LogP contribution in [0.3, 0.4) is 0 Å². The molecule has 1 heterocycles. The van der Waals surface area contributed by atoms with Crippen LogP contribution in [0.2, 0.25) is 0 Å². The summed E-state index contributed by atoms with van der Waals surface area (Å²) in [5.41, 5.74) is 2.72. The predicted molar refractivity (Wildman–Crippen MR) is 60.3 cm³/mol. The van der Waals surface area contributed by atoms with Gasteiger partial charge < -0.3 is 9.84 Å². The Morgan fingerprint density at radius 1 is 1.38 bits per heavy atom. The molecule has 2 N–H and O–H groups in total. The van der Waals surface area contributed by atoms with Gasteiger partial charge >= 0.3 is 0 Å². The second-order valence-corrected chi connectivity index (χ2v) is 3.53. The summed E-state index contributed by atoms with van der Waals surface area (Å²) in [4.78, 5) is 0. The van der Waals surface area contributed by atoms with E-state index in [0.717, 1.165) is 23.4 Å². The van der Waals surface area contributed by atoms with Gasteiger partial charge in [0.25, 0.3) is 0 Å². The normalized spacial score (nSPS) is 10.4. The first-order chi connectivity index (χ1) is 7.83. The minimum absolute atomic E-state index is 0.0393. The summed E-state index contributed by atoms with van der Waals surface area (Å²) >= 11 is 0. The van der Waals surface area contributed by atoms with Gasteiger partial charge in [-0.1, -0.05) is 18.2 Å². The zero-order valence-electron chi connectivity index (χ0n) is 9.10. The average Bonchev–Trinajstić information content (AvgIpc) is 2.77. The molecule has 0 aliphatic carbocycles. The lowest BCUT2D eigenvalue weighted by atomic mass is 10.1. The van der Waals surface area contributed by atoms with Crippen LogP contribution in [0.4, 0.5) is 0 Å². The molecule has 84 valence electrons. The summed E-state index contributed by atoms with van der Waals surface area (Å²) in [5.74, 6) is 0.864. The minimum atomic E-state index is -0.0393. The van der Waals surface area contributed by atoms with Gasteiger partial charge in [0.15, 0.2) is 0 Å². The van der Waals surface area contributed by atoms with Crippen molar-refractivity contribution < 1.29 is 9.84 Å². The van der Waals surface area contributed by atoms with Gasteiger partial charge in [0.2, 0.25) is 0 Å². The highest BCUT2D eigenvalue weighted by atomic mass is 16.5. The van der Waals surface area contributed by atoms with E-state index >= 15 is 0 Å². The number of aliphatic hydroxyl groups is 1. The van der Waals surface area contributed by atoms with Gasteiger partial charge in [0.05, 0.1) is 19.4 Å². The number of ether oxygens (including phenoxy) is 1. The lowest BCUT2D eigenvalue weighted by molar-refractivity contribution is 0.276. The number of para-hydroxylation sites is 1. The molecule has 1 aromatic carbocycles. The number of aromatic amines is 1. The van der Waals surface area contributed by atoms with Crippen molar-refractivity contribution in [2.75, 3.05) is 7.11 Å². The van der Waals surface area contributed by atoms with Crippen molar-refractivity contribution in [1.82, 2.24) is 10.2 Å². The number of hydrogen-bond acceptors (Lipinski definition) is 3. The molecule has 0 bridgehead atoms. The lowest BCUT2D eigenvalue weighted by Crippen LogP contribution is -1.93. The second-order valence-electron chi connectivity index (χ2n) is 3.53. The number of aromatic nitrogens is 2. The highest BCUT2D eigenvalue weighted by Crippen LogP contribution is 2.20. The second kappa shape index (κ2) is 4.81. The number of benzene rings is 1. The molecule has 0 saturated heterocycles. The Morgan fingerprint density at radius 3 is 2.88 bits per heavy atom. The van der Waals surface area contributed by atoms with Gasteiger partial charge in [-0.2, -0.15) is 5.10 Å². The fourth-order valence-electron chi connectivity index (χ4n) is 1.64. The van der Waals surface area contributed by atoms with Crippen LogP contribution in [-0.4, -0.2) is 22.4 Å². The van der Waals surface area contributed by atoms with E-state index < -0.39 is 0 Å². The Kier molecular flexibility index (Phi) is 3.22. The van der Waals surface area contributed by atoms with Crippen molar-refractivity contribution in [3.05, 3.63) is 47.3 Å². The molecule has 1 aromatic heterocycles. The summed E-state index contributed by atoms with van der Waals surface area (Å²) in [6, 6.07) is 9.71. The number of nitrogens with one attached hydrogen (secondary N) is 1. The van der Waals surface area contributed by atoms with Crippen LogP contribution in [0.15, 0.2) is 30.3 Å². The number of hydrogen-bond donors (Lipinski definition) is 2. The largest absolute Gasteiger partial charge is 0.496 e. The summed E-state index contributed by atoms with van der Waals surface area (Å²) in [7, 11) is 1.66. The van der Waals surface area contributed by atoms with Gasteiger partial charge in [-0.25, -0.2) is 0 Å². The van der Waals surface area contributed by atoms with Crippen molar-refractivity contribution in [2.24, 2.45) is 0 Å². The van der Waals surface area contributed by atoms with E-state index in [2.05, 4.69) is 10.2 Å². The molecule has 4 heteroatoms. The maximum Gasteiger partial charge on any atom is 0.122 e. The topological polar surface area (TPSA) is 58.1 Å². The third-order valence-electron chi connectivity index (χ3n) is 2.42. The van der Waals surface area contributed by atoms with Gasteiger partial charge in [0, 0.05) is 17.7 Å². The van der Waals surface area contributed by atoms with E-state index in [0.29, 0.717) is 5.69 Å². The molecule has 0 spiro atoms. The molecule has 2 aromatic rings. The van der Waals surface area contributed by atoms with Crippen LogP contribution in [-0.2, 0) is 13.0 Å². The van der Waals surface area contributed by atoms with E-state index in [1.807, 2.05) is 30.3 Å². The molecule has 2 rings (SSSR count). The molecular formula is C12H14N2O2. The molecular weight excluding hydrogens is 204 g/mol. The number of rotatable bonds is 4. The molecule has 4 nitrogen and oxygen atoms in total. The van der Waals surface area contributed by atoms with E-state index in [4.69, 9.17) is 9.84 Å². The molecule has 0 unspecified atom stereocenters. The predicted octanol–water partition coefficient (Wildman–Crippen LogP) is 1.50. The molecule has 0 aliphatic rings. The standard InChI is InChI=1S/C12H14N2O2/c1-16-12-5-3-2-4-9(12)6-10-7-11(8-15)14-13-10/h2-5,7,15H,6,8H2,1H3,(H,13,14). The molecule has 0 atom stereocenters. The highest BCUT2D eigenvalue weighted by molar-refractivity contribution is 5.36. The first kappa shape index (κ1) is 10.7. The zero-order valence-corrected chi connectivity index (χ0v) is 9.10. The third-order valence-corrected chi connectivity index (χ3v) is 2.42. The van der Waals surface area contributed by atoms with Crippen molar-refractivity contribution >= 4 is 0 Å². The van der Waals surface area contributed by atoms with Crippen LogP contribution in [0, 0.1) is 0 Å². The number of nitrogens with zero attached hydrogens (tertiary/aromatic N) is 1. The van der Waals surface area contributed by atoms with Gasteiger partial charge in [0.1, 0.15) is 5.75 Å². The zero-order chi connectivity index (χ0) is 11.4. The average molecular weight is 218 g/mol. The maximum atomic E-state index is 8.91. The highest BCUT2D eigenvalue weighted by Gasteiger charge is 2.05. The molecule has 0 fully saturated rings. The van der Waals surface area contributed by atoms with Crippen LogP contribution < -0.4 is 4.74 Å². The summed E-state index contributed by atoms with van der Waals surface area (Å²) in [5, 5.41) is 15.8. The van der Waals surface area contributed by atoms with Crippen molar-refractivity contribution in [1.29, 1.82) is 0 Å². The third kappa shape index (κ3) is 2.23. The molecule has 16 heavy (non-hydrogen) atoms. The van der Waals surface area contributed by atoms with Crippen molar-refractivity contribution in [3.8, 4) is 5.75 Å². The number of methoxy groups -OCH3 is 1. The smallest absolute Gasteiger partial charge is 0.122 e. The van der Waals surface area contributed by atoms with Gasteiger partial charge in [-0.05, 0) is 12.1 Å². The Hall–Kier alpha value is -1.81. The quantitative estimate of drug-likeness (QED) is 0.817. The lowest BCUT2D eigenvalue weighted by Gasteiger charge is -2.06. The minimum Gasteiger partial charge on any atom is -0.496 e. The summed E-state index contributed by atoms with van der Waals surface area (Å²) < 4.78 is 5.27. The van der Waals surface area contributed by atoms with Crippen LogP contribution in [0.1, 0.15) is 17.0 Å².